The molecule has 0 unspecified atom stereocenters. The molecule has 0 aliphatic carbocycles. The SMILES string of the molecule is CC(C)(C(=O)c1ccc(Sc2ccc([N+](=O)[O-])cc2[N+](=O)[O-])cc1)N1CCOCC1. The Labute approximate surface area is 177 Å². The normalized spacial score (nSPS) is 15.0. The van der Waals surface area contributed by atoms with Gasteiger partial charge in [-0.2, -0.15) is 0 Å². The van der Waals surface area contributed by atoms with Crippen LogP contribution in [0.1, 0.15) is 24.2 Å². The van der Waals surface area contributed by atoms with Gasteiger partial charge in [0.15, 0.2) is 5.78 Å². The van der Waals surface area contributed by atoms with Gasteiger partial charge in [0.2, 0.25) is 0 Å². The van der Waals surface area contributed by atoms with Crippen molar-refractivity contribution < 1.29 is 19.4 Å². The lowest BCUT2D eigenvalue weighted by molar-refractivity contribution is -0.396. The second kappa shape index (κ2) is 8.90. The smallest absolute Gasteiger partial charge is 0.290 e. The molecule has 0 bridgehead atoms. The van der Waals surface area contributed by atoms with Crippen LogP contribution in [0.15, 0.2) is 52.3 Å². The van der Waals surface area contributed by atoms with E-state index in [1.165, 1.54) is 12.1 Å². The average Bonchev–Trinajstić information content (AvgIpc) is 2.74. The Balaban J connectivity index is 1.78. The van der Waals surface area contributed by atoms with Crippen molar-refractivity contribution in [1.29, 1.82) is 0 Å². The van der Waals surface area contributed by atoms with Crippen molar-refractivity contribution >= 4 is 28.9 Å². The van der Waals surface area contributed by atoms with Crippen molar-refractivity contribution in [1.82, 2.24) is 4.90 Å². The molecule has 0 amide bonds. The van der Waals surface area contributed by atoms with Crippen LogP contribution in [0.4, 0.5) is 11.4 Å². The number of nitro groups is 2. The van der Waals surface area contributed by atoms with E-state index < -0.39 is 15.4 Å². The highest BCUT2D eigenvalue weighted by molar-refractivity contribution is 7.99. The molecule has 2 aromatic carbocycles. The van der Waals surface area contributed by atoms with E-state index in [2.05, 4.69) is 4.90 Å². The van der Waals surface area contributed by atoms with Crippen LogP contribution in [0.3, 0.4) is 0 Å². The van der Waals surface area contributed by atoms with E-state index in [9.17, 15) is 25.0 Å². The van der Waals surface area contributed by atoms with Crippen LogP contribution in [-0.2, 0) is 4.74 Å². The molecule has 0 spiro atoms. The molecule has 1 heterocycles. The predicted molar refractivity (Wildman–Crippen MR) is 111 cm³/mol. The lowest BCUT2D eigenvalue weighted by Crippen LogP contribution is -2.54. The Morgan fingerprint density at radius 2 is 1.67 bits per heavy atom. The Bertz CT molecular complexity index is 971. The van der Waals surface area contributed by atoms with Gasteiger partial charge in [-0.15, -0.1) is 0 Å². The Morgan fingerprint density at radius 3 is 2.23 bits per heavy atom. The number of ether oxygens (including phenoxy) is 1. The molecule has 0 N–H and O–H groups in total. The summed E-state index contributed by atoms with van der Waals surface area (Å²) >= 11 is 1.12. The van der Waals surface area contributed by atoms with Gasteiger partial charge in [-0.3, -0.25) is 29.9 Å². The second-order valence-corrected chi connectivity index (χ2v) is 8.40. The van der Waals surface area contributed by atoms with Gasteiger partial charge in [0.25, 0.3) is 11.4 Å². The maximum atomic E-state index is 13.0. The van der Waals surface area contributed by atoms with E-state index in [1.807, 2.05) is 13.8 Å². The van der Waals surface area contributed by atoms with E-state index in [4.69, 9.17) is 4.74 Å². The minimum atomic E-state index is -0.671. The topological polar surface area (TPSA) is 116 Å². The highest BCUT2D eigenvalue weighted by atomic mass is 32.2. The second-order valence-electron chi connectivity index (χ2n) is 7.28. The van der Waals surface area contributed by atoms with Crippen molar-refractivity contribution in [3.05, 3.63) is 68.3 Å². The van der Waals surface area contributed by atoms with Gasteiger partial charge in [0, 0.05) is 29.6 Å². The third-order valence-corrected chi connectivity index (χ3v) is 6.12. The summed E-state index contributed by atoms with van der Waals surface area (Å²) in [5, 5.41) is 22.2. The summed E-state index contributed by atoms with van der Waals surface area (Å²) in [6.45, 7) is 6.36. The molecule has 2 aromatic rings. The number of non-ortho nitro benzene ring substituents is 1. The van der Waals surface area contributed by atoms with Crippen LogP contribution in [-0.4, -0.2) is 52.4 Å². The molecule has 1 fully saturated rings. The van der Waals surface area contributed by atoms with Crippen molar-refractivity contribution in [2.24, 2.45) is 0 Å². The molecule has 1 saturated heterocycles. The molecule has 158 valence electrons. The zero-order chi connectivity index (χ0) is 21.9. The van der Waals surface area contributed by atoms with Crippen LogP contribution in [0.5, 0.6) is 0 Å². The van der Waals surface area contributed by atoms with E-state index in [-0.39, 0.29) is 17.2 Å². The fourth-order valence-corrected chi connectivity index (χ4v) is 4.17. The molecule has 9 nitrogen and oxygen atoms in total. The average molecular weight is 431 g/mol. The van der Waals surface area contributed by atoms with Crippen LogP contribution >= 0.6 is 11.8 Å². The van der Waals surface area contributed by atoms with E-state index >= 15 is 0 Å². The van der Waals surface area contributed by atoms with Crippen molar-refractivity contribution in [2.75, 3.05) is 26.3 Å². The highest BCUT2D eigenvalue weighted by Gasteiger charge is 2.35. The molecular formula is C20H21N3O6S. The summed E-state index contributed by atoms with van der Waals surface area (Å²) in [7, 11) is 0. The first-order valence-electron chi connectivity index (χ1n) is 9.28. The third kappa shape index (κ3) is 4.66. The standard InChI is InChI=1S/C20H21N3O6S/c1-20(2,21-9-11-29-12-10-21)19(24)14-3-6-16(7-4-14)30-18-8-5-15(22(25)26)13-17(18)23(27)28/h3-8,13H,9-12H2,1-2H3. The summed E-state index contributed by atoms with van der Waals surface area (Å²) in [6.07, 6.45) is 0. The molecule has 10 heteroatoms. The number of nitrogens with zero attached hydrogens (tertiary/aromatic N) is 3. The maximum Gasteiger partial charge on any atom is 0.290 e. The lowest BCUT2D eigenvalue weighted by Gasteiger charge is -2.39. The monoisotopic (exact) mass is 431 g/mol. The Hall–Kier alpha value is -2.82. The van der Waals surface area contributed by atoms with Crippen LogP contribution in [0, 0.1) is 20.2 Å². The molecular weight excluding hydrogens is 410 g/mol. The number of carbonyl (C=O) groups is 1. The number of nitro benzene ring substituents is 2. The van der Waals surface area contributed by atoms with E-state index in [1.54, 1.807) is 24.3 Å². The Morgan fingerprint density at radius 1 is 1.03 bits per heavy atom. The van der Waals surface area contributed by atoms with Crippen LogP contribution in [0.2, 0.25) is 0 Å². The van der Waals surface area contributed by atoms with Crippen LogP contribution < -0.4 is 0 Å². The summed E-state index contributed by atoms with van der Waals surface area (Å²) in [5.74, 6) is -0.0118. The molecule has 3 rings (SSSR count). The van der Waals surface area contributed by atoms with E-state index in [0.29, 0.717) is 41.7 Å². The molecule has 1 aliphatic heterocycles. The fraction of sp³-hybridized carbons (Fsp3) is 0.350. The maximum absolute atomic E-state index is 13.0. The summed E-state index contributed by atoms with van der Waals surface area (Å²) < 4.78 is 5.36. The number of hydrogen-bond acceptors (Lipinski definition) is 8. The van der Waals surface area contributed by atoms with Gasteiger partial charge < -0.3 is 4.74 Å². The van der Waals surface area contributed by atoms with Crippen LogP contribution in [0.25, 0.3) is 0 Å². The largest absolute Gasteiger partial charge is 0.379 e. The number of ketones is 1. The molecule has 0 atom stereocenters. The third-order valence-electron chi connectivity index (χ3n) is 5.05. The summed E-state index contributed by atoms with van der Waals surface area (Å²) in [5.41, 5.74) is -0.788. The summed E-state index contributed by atoms with van der Waals surface area (Å²) in [4.78, 5) is 37.0. The summed E-state index contributed by atoms with van der Waals surface area (Å²) in [6, 6.07) is 10.4. The van der Waals surface area contributed by atoms with Crippen molar-refractivity contribution in [2.45, 2.75) is 29.2 Å². The van der Waals surface area contributed by atoms with Gasteiger partial charge in [0.1, 0.15) is 0 Å². The van der Waals surface area contributed by atoms with Crippen molar-refractivity contribution in [3.63, 3.8) is 0 Å². The number of Topliss-reactive ketones (excluding diaryl/α,β-unsaturated/α-hetero) is 1. The number of carbonyl (C=O) groups excluding carboxylic acids is 1. The zero-order valence-electron chi connectivity index (χ0n) is 16.6. The van der Waals surface area contributed by atoms with Gasteiger partial charge in [-0.05, 0) is 32.0 Å². The first-order valence-corrected chi connectivity index (χ1v) is 10.1. The van der Waals surface area contributed by atoms with Gasteiger partial charge in [-0.1, -0.05) is 23.9 Å². The zero-order valence-corrected chi connectivity index (χ0v) is 17.4. The van der Waals surface area contributed by atoms with Gasteiger partial charge in [0.05, 0.1) is 39.6 Å². The molecule has 0 saturated carbocycles. The number of morpholine rings is 1. The van der Waals surface area contributed by atoms with Crippen molar-refractivity contribution in [3.8, 4) is 0 Å². The molecule has 30 heavy (non-hydrogen) atoms. The predicted octanol–water partition coefficient (Wildman–Crippen LogP) is 3.95. The molecule has 0 radical (unpaired) electrons. The number of rotatable bonds is 7. The van der Waals surface area contributed by atoms with E-state index in [0.717, 1.165) is 17.8 Å². The highest BCUT2D eigenvalue weighted by Crippen LogP contribution is 2.37. The van der Waals surface area contributed by atoms with Gasteiger partial charge >= 0.3 is 0 Å². The molecule has 1 aliphatic rings. The lowest BCUT2D eigenvalue weighted by atomic mass is 9.91. The minimum absolute atomic E-state index is 0.0118. The first-order chi connectivity index (χ1) is 14.2. The first kappa shape index (κ1) is 21.9. The quantitative estimate of drug-likeness (QED) is 0.368. The Kier molecular flexibility index (Phi) is 6.49. The van der Waals surface area contributed by atoms with Gasteiger partial charge in [-0.25, -0.2) is 0 Å². The number of hydrogen-bond donors (Lipinski definition) is 0. The number of benzene rings is 2. The molecule has 0 aromatic heterocycles. The fourth-order valence-electron chi connectivity index (χ4n) is 3.27. The minimum Gasteiger partial charge on any atom is -0.379 e.